The molecule has 29 heavy (non-hydrogen) atoms. The van der Waals surface area contributed by atoms with Crippen molar-refractivity contribution in [2.45, 2.75) is 24.8 Å². The van der Waals surface area contributed by atoms with Crippen LogP contribution in [0.25, 0.3) is 10.9 Å². The molecule has 0 unspecified atom stereocenters. The summed E-state index contributed by atoms with van der Waals surface area (Å²) in [6, 6.07) is 11.6. The van der Waals surface area contributed by atoms with E-state index in [0.29, 0.717) is 11.1 Å². The van der Waals surface area contributed by atoms with E-state index in [0.717, 1.165) is 15.2 Å². The number of aryl methyl sites for hydroxylation is 1. The first-order valence-electron chi connectivity index (χ1n) is 8.97. The molecule has 1 atom stereocenters. The lowest BCUT2D eigenvalue weighted by Crippen LogP contribution is -2.25. The van der Waals surface area contributed by atoms with Gasteiger partial charge in [0.1, 0.15) is 0 Å². The van der Waals surface area contributed by atoms with Gasteiger partial charge in [0.15, 0.2) is 6.10 Å². The Kier molecular flexibility index (Phi) is 5.59. The number of benzene rings is 2. The van der Waals surface area contributed by atoms with Gasteiger partial charge in [0, 0.05) is 36.8 Å². The summed E-state index contributed by atoms with van der Waals surface area (Å²) in [5, 5.41) is 0.746. The van der Waals surface area contributed by atoms with Crippen LogP contribution >= 0.6 is 0 Å². The zero-order valence-corrected chi connectivity index (χ0v) is 17.4. The van der Waals surface area contributed by atoms with Gasteiger partial charge in [0.2, 0.25) is 15.8 Å². The van der Waals surface area contributed by atoms with E-state index >= 15 is 0 Å². The van der Waals surface area contributed by atoms with E-state index in [1.54, 1.807) is 19.2 Å². The zero-order valence-electron chi connectivity index (χ0n) is 16.6. The largest absolute Gasteiger partial charge is 0.451 e. The van der Waals surface area contributed by atoms with Crippen LogP contribution < -0.4 is 0 Å². The van der Waals surface area contributed by atoms with Gasteiger partial charge in [-0.15, -0.1) is 0 Å². The van der Waals surface area contributed by atoms with Crippen LogP contribution in [0.3, 0.4) is 0 Å². The Labute approximate surface area is 169 Å². The second-order valence-corrected chi connectivity index (χ2v) is 9.08. The van der Waals surface area contributed by atoms with E-state index in [1.807, 2.05) is 24.3 Å². The Morgan fingerprint density at radius 3 is 2.45 bits per heavy atom. The second-order valence-electron chi connectivity index (χ2n) is 6.92. The lowest BCUT2D eigenvalue weighted by atomic mass is 10.1. The minimum Gasteiger partial charge on any atom is -0.451 e. The number of aromatic nitrogens is 1. The quantitative estimate of drug-likeness (QED) is 0.494. The number of ether oxygens (including phenoxy) is 1. The first-order chi connectivity index (χ1) is 13.6. The van der Waals surface area contributed by atoms with Crippen LogP contribution in [-0.4, -0.2) is 49.7 Å². The number of aromatic amines is 1. The van der Waals surface area contributed by atoms with E-state index in [9.17, 15) is 18.0 Å². The maximum absolute atomic E-state index is 12.8. The molecule has 3 aromatic rings. The van der Waals surface area contributed by atoms with Gasteiger partial charge in [0.25, 0.3) is 0 Å². The van der Waals surface area contributed by atoms with E-state index in [-0.39, 0.29) is 16.2 Å². The maximum Gasteiger partial charge on any atom is 0.339 e. The standard InChI is InChI=1S/C21H22N2O5S/c1-13-9-10-15(29(26,27)23(3)4)11-17(13)21(25)28-14(2)20(24)18-12-22-19-8-6-5-7-16(18)19/h5-12,14,22H,1-4H3/t14-/m0/s1. The average molecular weight is 414 g/mol. The molecule has 8 heteroatoms. The minimum absolute atomic E-state index is 0.0179. The Bertz CT molecular complexity index is 1190. The minimum atomic E-state index is -3.70. The molecule has 1 aromatic heterocycles. The Hall–Kier alpha value is -2.97. The molecule has 2 aromatic carbocycles. The molecule has 7 nitrogen and oxygen atoms in total. The van der Waals surface area contributed by atoms with E-state index < -0.39 is 22.1 Å². The van der Waals surface area contributed by atoms with Gasteiger partial charge >= 0.3 is 5.97 Å². The number of nitrogens with zero attached hydrogens (tertiary/aromatic N) is 1. The van der Waals surface area contributed by atoms with Crippen LogP contribution in [0.2, 0.25) is 0 Å². The fourth-order valence-corrected chi connectivity index (χ4v) is 3.89. The number of H-pyrrole nitrogens is 1. The van der Waals surface area contributed by atoms with Crippen molar-refractivity contribution in [2.24, 2.45) is 0 Å². The fourth-order valence-electron chi connectivity index (χ4n) is 2.96. The number of sulfonamides is 1. The first-order valence-corrected chi connectivity index (χ1v) is 10.4. The first kappa shape index (κ1) is 20.8. The van der Waals surface area contributed by atoms with Gasteiger partial charge in [0.05, 0.1) is 10.5 Å². The van der Waals surface area contributed by atoms with Gasteiger partial charge in [-0.3, -0.25) is 4.79 Å². The third kappa shape index (κ3) is 3.94. The molecular formula is C21H22N2O5S. The molecule has 0 saturated heterocycles. The molecule has 0 fully saturated rings. The van der Waals surface area contributed by atoms with Crippen LogP contribution in [0.5, 0.6) is 0 Å². The highest BCUT2D eigenvalue weighted by Gasteiger charge is 2.25. The number of hydrogen-bond acceptors (Lipinski definition) is 5. The van der Waals surface area contributed by atoms with Crippen molar-refractivity contribution >= 4 is 32.7 Å². The van der Waals surface area contributed by atoms with Gasteiger partial charge < -0.3 is 9.72 Å². The number of Topliss-reactive ketones (excluding diaryl/α,β-unsaturated/α-hetero) is 1. The molecule has 1 heterocycles. The van der Waals surface area contributed by atoms with E-state index in [1.165, 1.54) is 33.2 Å². The summed E-state index contributed by atoms with van der Waals surface area (Å²) in [6.07, 6.45) is 0.558. The van der Waals surface area contributed by atoms with Crippen molar-refractivity contribution in [3.05, 3.63) is 65.4 Å². The molecule has 0 saturated carbocycles. The monoisotopic (exact) mass is 414 g/mol. The molecule has 1 N–H and O–H groups in total. The van der Waals surface area contributed by atoms with E-state index in [2.05, 4.69) is 4.98 Å². The predicted octanol–water partition coefficient (Wildman–Crippen LogP) is 3.15. The highest BCUT2D eigenvalue weighted by atomic mass is 32.2. The summed E-state index contributed by atoms with van der Waals surface area (Å²) in [7, 11) is -0.876. The number of nitrogens with one attached hydrogen (secondary N) is 1. The summed E-state index contributed by atoms with van der Waals surface area (Å²) < 4.78 is 31.1. The molecule has 0 radical (unpaired) electrons. The van der Waals surface area contributed by atoms with Gasteiger partial charge in [-0.2, -0.15) is 0 Å². The molecule has 0 spiro atoms. The normalized spacial score (nSPS) is 12.9. The molecule has 0 amide bonds. The third-order valence-electron chi connectivity index (χ3n) is 4.72. The summed E-state index contributed by atoms with van der Waals surface area (Å²) in [6.45, 7) is 3.17. The number of carbonyl (C=O) groups excluding carboxylic acids is 2. The topological polar surface area (TPSA) is 96.5 Å². The number of rotatable bonds is 6. The molecule has 3 rings (SSSR count). The molecule has 152 valence electrons. The number of para-hydroxylation sites is 1. The van der Waals surface area contributed by atoms with Crippen molar-refractivity contribution in [3.63, 3.8) is 0 Å². The Morgan fingerprint density at radius 1 is 1.07 bits per heavy atom. The van der Waals surface area contributed by atoms with Crippen molar-refractivity contribution < 1.29 is 22.7 Å². The SMILES string of the molecule is Cc1ccc(S(=O)(=O)N(C)C)cc1C(=O)O[C@@H](C)C(=O)c1c[nH]c2ccccc12. The summed E-state index contributed by atoms with van der Waals surface area (Å²) in [5.74, 6) is -1.09. The van der Waals surface area contributed by atoms with Crippen LogP contribution in [0.15, 0.2) is 53.6 Å². The van der Waals surface area contributed by atoms with Crippen molar-refractivity contribution in [2.75, 3.05) is 14.1 Å². The van der Waals surface area contributed by atoms with Crippen LogP contribution in [0.1, 0.15) is 33.2 Å². The van der Waals surface area contributed by atoms with Crippen molar-refractivity contribution in [1.29, 1.82) is 0 Å². The second kappa shape index (κ2) is 7.81. The highest BCUT2D eigenvalue weighted by Crippen LogP contribution is 2.22. The van der Waals surface area contributed by atoms with Gasteiger partial charge in [-0.25, -0.2) is 17.5 Å². The average Bonchev–Trinajstić information content (AvgIpc) is 3.11. The number of fused-ring (bicyclic) bond motifs is 1. The lowest BCUT2D eigenvalue weighted by molar-refractivity contribution is 0.0318. The lowest BCUT2D eigenvalue weighted by Gasteiger charge is -2.15. The third-order valence-corrected chi connectivity index (χ3v) is 6.53. The smallest absolute Gasteiger partial charge is 0.339 e. The highest BCUT2D eigenvalue weighted by molar-refractivity contribution is 7.89. The Balaban J connectivity index is 1.85. The molecule has 0 bridgehead atoms. The summed E-state index contributed by atoms with van der Waals surface area (Å²) in [4.78, 5) is 28.5. The fraction of sp³-hybridized carbons (Fsp3) is 0.238. The summed E-state index contributed by atoms with van der Waals surface area (Å²) >= 11 is 0. The molecule has 0 aliphatic heterocycles. The van der Waals surface area contributed by atoms with Crippen LogP contribution in [-0.2, 0) is 14.8 Å². The van der Waals surface area contributed by atoms with Crippen molar-refractivity contribution in [1.82, 2.24) is 9.29 Å². The summed E-state index contributed by atoms with van der Waals surface area (Å²) in [5.41, 5.74) is 1.90. The number of ketones is 1. The van der Waals surface area contributed by atoms with Crippen LogP contribution in [0, 0.1) is 6.92 Å². The zero-order chi connectivity index (χ0) is 21.3. The molecule has 0 aliphatic carbocycles. The molecular weight excluding hydrogens is 392 g/mol. The maximum atomic E-state index is 12.8. The Morgan fingerprint density at radius 2 is 1.76 bits per heavy atom. The number of hydrogen-bond donors (Lipinski definition) is 1. The number of esters is 1. The van der Waals surface area contributed by atoms with Crippen molar-refractivity contribution in [3.8, 4) is 0 Å². The van der Waals surface area contributed by atoms with Gasteiger partial charge in [-0.1, -0.05) is 24.3 Å². The molecule has 0 aliphatic rings. The number of carbonyl (C=O) groups is 2. The van der Waals surface area contributed by atoms with Crippen LogP contribution in [0.4, 0.5) is 0 Å². The van der Waals surface area contributed by atoms with E-state index in [4.69, 9.17) is 4.74 Å². The van der Waals surface area contributed by atoms with Gasteiger partial charge in [-0.05, 0) is 37.6 Å². The predicted molar refractivity (Wildman–Crippen MR) is 110 cm³/mol.